The van der Waals surface area contributed by atoms with Crippen LogP contribution in [0, 0.1) is 46.3 Å². The van der Waals surface area contributed by atoms with Crippen molar-refractivity contribution in [2.45, 2.75) is 91.9 Å². The van der Waals surface area contributed by atoms with Gasteiger partial charge in [-0.3, -0.25) is 0 Å². The summed E-state index contributed by atoms with van der Waals surface area (Å²) in [5.74, 6) is 6.32. The molecule has 8 atom stereocenters. The third-order valence-electron chi connectivity index (χ3n) is 9.55. The monoisotopic (exact) mass is 302 g/mol. The lowest BCUT2D eigenvalue weighted by atomic mass is 9.44. The fraction of sp³-hybridized carbons (Fsp3) is 1.00. The van der Waals surface area contributed by atoms with Crippen LogP contribution < -0.4 is 0 Å². The first-order valence-corrected chi connectivity index (χ1v) is 10.5. The summed E-state index contributed by atoms with van der Waals surface area (Å²) in [4.78, 5) is 0. The van der Waals surface area contributed by atoms with E-state index in [0.29, 0.717) is 10.8 Å². The van der Waals surface area contributed by atoms with Crippen LogP contribution in [-0.2, 0) is 0 Å². The van der Waals surface area contributed by atoms with Crippen LogP contribution in [0.2, 0.25) is 0 Å². The fourth-order valence-corrected chi connectivity index (χ4v) is 8.45. The van der Waals surface area contributed by atoms with Gasteiger partial charge in [0, 0.05) is 0 Å². The van der Waals surface area contributed by atoms with Gasteiger partial charge < -0.3 is 0 Å². The molecule has 0 heteroatoms. The molecule has 22 heavy (non-hydrogen) atoms. The van der Waals surface area contributed by atoms with Gasteiger partial charge in [0.25, 0.3) is 0 Å². The van der Waals surface area contributed by atoms with Gasteiger partial charge >= 0.3 is 0 Å². The van der Waals surface area contributed by atoms with E-state index in [0.717, 1.165) is 35.5 Å². The van der Waals surface area contributed by atoms with Gasteiger partial charge in [0.15, 0.2) is 0 Å². The maximum atomic E-state index is 2.72. The number of fused-ring (bicyclic) bond motifs is 5. The van der Waals surface area contributed by atoms with Gasteiger partial charge in [0.1, 0.15) is 0 Å². The summed E-state index contributed by atoms with van der Waals surface area (Å²) >= 11 is 0. The third kappa shape index (κ3) is 2.01. The lowest BCUT2D eigenvalue weighted by molar-refractivity contribution is -0.118. The van der Waals surface area contributed by atoms with Crippen molar-refractivity contribution in [1.29, 1.82) is 0 Å². The Morgan fingerprint density at radius 1 is 0.818 bits per heavy atom. The molecular weight excluding hydrogens is 264 g/mol. The highest BCUT2D eigenvalue weighted by Crippen LogP contribution is 2.68. The molecule has 0 N–H and O–H groups in total. The van der Waals surface area contributed by atoms with E-state index >= 15 is 0 Å². The van der Waals surface area contributed by atoms with E-state index in [1.54, 1.807) is 44.9 Å². The molecule has 0 aromatic carbocycles. The lowest BCUT2D eigenvalue weighted by Gasteiger charge is -2.61. The van der Waals surface area contributed by atoms with Gasteiger partial charge in [-0.2, -0.15) is 0 Å². The van der Waals surface area contributed by atoms with E-state index in [1.807, 2.05) is 0 Å². The molecule has 4 fully saturated rings. The van der Waals surface area contributed by atoms with E-state index < -0.39 is 0 Å². The largest absolute Gasteiger partial charge is 0.0651 e. The Morgan fingerprint density at radius 2 is 1.55 bits per heavy atom. The van der Waals surface area contributed by atoms with Crippen molar-refractivity contribution < 1.29 is 0 Å². The molecule has 0 saturated heterocycles. The molecule has 0 aromatic rings. The molecule has 4 saturated carbocycles. The van der Waals surface area contributed by atoms with Crippen molar-refractivity contribution in [2.75, 3.05) is 0 Å². The molecule has 1 unspecified atom stereocenters. The molecule has 4 aliphatic carbocycles. The average Bonchev–Trinajstić information content (AvgIpc) is 2.82. The first-order valence-electron chi connectivity index (χ1n) is 10.5. The van der Waals surface area contributed by atoms with Gasteiger partial charge in [-0.05, 0) is 97.7 Å². The molecule has 0 aromatic heterocycles. The van der Waals surface area contributed by atoms with Crippen LogP contribution in [0.3, 0.4) is 0 Å². The van der Waals surface area contributed by atoms with Crippen molar-refractivity contribution in [3.05, 3.63) is 0 Å². The van der Waals surface area contributed by atoms with Crippen molar-refractivity contribution in [1.82, 2.24) is 0 Å². The summed E-state index contributed by atoms with van der Waals surface area (Å²) in [5.41, 5.74) is 1.41. The van der Waals surface area contributed by atoms with E-state index in [9.17, 15) is 0 Å². The van der Waals surface area contributed by atoms with E-state index in [1.165, 1.54) is 19.3 Å². The zero-order valence-electron chi connectivity index (χ0n) is 15.5. The third-order valence-corrected chi connectivity index (χ3v) is 9.55. The van der Waals surface area contributed by atoms with Crippen molar-refractivity contribution in [3.63, 3.8) is 0 Å². The smallest absolute Gasteiger partial charge is 0.0264 e. The molecule has 0 aliphatic heterocycles. The van der Waals surface area contributed by atoms with Crippen LogP contribution in [0.4, 0.5) is 0 Å². The number of hydrogen-bond donors (Lipinski definition) is 0. The van der Waals surface area contributed by atoms with Crippen LogP contribution in [0.1, 0.15) is 91.9 Å². The minimum atomic E-state index is 0.701. The van der Waals surface area contributed by atoms with Crippen LogP contribution in [-0.4, -0.2) is 0 Å². The predicted octanol–water partition coefficient (Wildman–Crippen LogP) is 6.69. The van der Waals surface area contributed by atoms with Crippen LogP contribution >= 0.6 is 0 Å². The Labute approximate surface area is 138 Å². The molecule has 0 nitrogen and oxygen atoms in total. The highest BCUT2D eigenvalue weighted by Gasteiger charge is 2.59. The minimum Gasteiger partial charge on any atom is -0.0651 e. The molecule has 4 aliphatic rings. The average molecular weight is 303 g/mol. The highest BCUT2D eigenvalue weighted by atomic mass is 14.6. The van der Waals surface area contributed by atoms with Crippen molar-refractivity contribution >= 4 is 0 Å². The molecule has 0 radical (unpaired) electrons. The summed E-state index contributed by atoms with van der Waals surface area (Å²) < 4.78 is 0. The second-order valence-electron chi connectivity index (χ2n) is 10.3. The quantitative estimate of drug-likeness (QED) is 0.506. The second-order valence-corrected chi connectivity index (χ2v) is 10.3. The predicted molar refractivity (Wildman–Crippen MR) is 94.7 cm³/mol. The van der Waals surface area contributed by atoms with E-state index in [2.05, 4.69) is 27.7 Å². The van der Waals surface area contributed by atoms with Crippen molar-refractivity contribution in [2.24, 2.45) is 46.3 Å². The maximum Gasteiger partial charge on any atom is -0.0264 e. The van der Waals surface area contributed by atoms with Crippen LogP contribution in [0.15, 0.2) is 0 Å². The second kappa shape index (κ2) is 5.25. The molecule has 0 spiro atoms. The van der Waals surface area contributed by atoms with Crippen molar-refractivity contribution in [3.8, 4) is 0 Å². The van der Waals surface area contributed by atoms with Gasteiger partial charge in [-0.15, -0.1) is 0 Å². The van der Waals surface area contributed by atoms with Gasteiger partial charge in [-0.1, -0.05) is 40.5 Å². The SMILES string of the molecule is CC[C@H]1CC[C@H]2[C@@H]3CC[C@H]4CCC(C)C[C@]4(C)[C@H]3CC[C@]12C. The van der Waals surface area contributed by atoms with E-state index in [4.69, 9.17) is 0 Å². The Balaban J connectivity index is 1.62. The Bertz CT molecular complexity index is 426. The summed E-state index contributed by atoms with van der Waals surface area (Å²) in [6, 6.07) is 0. The molecule has 4 rings (SSSR count). The Morgan fingerprint density at radius 3 is 2.32 bits per heavy atom. The topological polar surface area (TPSA) is 0 Å². The molecule has 0 amide bonds. The molecule has 0 bridgehead atoms. The Kier molecular flexibility index (Phi) is 3.70. The van der Waals surface area contributed by atoms with Gasteiger partial charge in [0.2, 0.25) is 0 Å². The van der Waals surface area contributed by atoms with Gasteiger partial charge in [0.05, 0.1) is 0 Å². The summed E-state index contributed by atoms with van der Waals surface area (Å²) in [7, 11) is 0. The summed E-state index contributed by atoms with van der Waals surface area (Å²) in [5, 5.41) is 0. The standard InChI is InChI=1S/C22H38/c1-5-16-9-11-19-18-10-8-17-7-6-15(2)14-22(17,4)20(18)12-13-21(16,19)3/h15-20H,5-14H2,1-4H3/t15?,16-,17+,18-,19-,20-,21+,22-/m0/s1. The highest BCUT2D eigenvalue weighted by molar-refractivity contribution is 5.08. The zero-order valence-corrected chi connectivity index (χ0v) is 15.5. The van der Waals surface area contributed by atoms with Crippen LogP contribution in [0.5, 0.6) is 0 Å². The first kappa shape index (κ1) is 15.5. The maximum absolute atomic E-state index is 2.72. The number of hydrogen-bond acceptors (Lipinski definition) is 0. The van der Waals surface area contributed by atoms with Gasteiger partial charge in [-0.25, -0.2) is 0 Å². The lowest BCUT2D eigenvalue weighted by Crippen LogP contribution is -2.53. The number of rotatable bonds is 1. The molecular formula is C22H38. The summed E-state index contributed by atoms with van der Waals surface area (Å²) in [6.07, 6.45) is 15.4. The Hall–Kier alpha value is 0. The molecule has 0 heterocycles. The first-order chi connectivity index (χ1) is 10.5. The van der Waals surface area contributed by atoms with Crippen LogP contribution in [0.25, 0.3) is 0 Å². The zero-order chi connectivity index (χ0) is 15.5. The van der Waals surface area contributed by atoms with E-state index in [-0.39, 0.29) is 0 Å². The molecule has 126 valence electrons. The summed E-state index contributed by atoms with van der Waals surface area (Å²) in [6.45, 7) is 10.4. The minimum absolute atomic E-state index is 0.701. The fourth-order valence-electron chi connectivity index (χ4n) is 8.45. The normalized spacial score (nSPS) is 57.8.